The molecule has 0 N–H and O–H groups in total. The average molecular weight is 179 g/mol. The molecule has 0 spiro atoms. The molecule has 0 radical (unpaired) electrons. The fourth-order valence-electron chi connectivity index (χ4n) is 0.889. The molecule has 4 heteroatoms. The molecular formula is C9H13N3O. The minimum atomic E-state index is -0.428. The SMILES string of the molecule is C=C(C(=O)C(C)(C)C)n1ccnn1. The summed E-state index contributed by atoms with van der Waals surface area (Å²) >= 11 is 0. The smallest absolute Gasteiger partial charge is 0.185 e. The van der Waals surface area contributed by atoms with Gasteiger partial charge in [0.1, 0.15) is 5.70 Å². The summed E-state index contributed by atoms with van der Waals surface area (Å²) in [6, 6.07) is 0. The van der Waals surface area contributed by atoms with Crippen LogP contribution in [0.15, 0.2) is 19.0 Å². The Bertz CT molecular complexity index is 319. The van der Waals surface area contributed by atoms with E-state index < -0.39 is 5.41 Å². The van der Waals surface area contributed by atoms with Crippen molar-refractivity contribution in [3.63, 3.8) is 0 Å². The van der Waals surface area contributed by atoms with Crippen molar-refractivity contribution >= 4 is 11.5 Å². The maximum Gasteiger partial charge on any atom is 0.185 e. The number of ketones is 1. The molecule has 0 saturated heterocycles. The third kappa shape index (κ3) is 2.02. The lowest BCUT2D eigenvalue weighted by Crippen LogP contribution is -2.23. The standard InChI is InChI=1S/C9H13N3O/c1-7(8(13)9(2,3)4)12-6-5-10-11-12/h5-6H,1H2,2-4H3. The Balaban J connectivity index is 2.88. The van der Waals surface area contributed by atoms with Crippen molar-refractivity contribution in [1.82, 2.24) is 15.0 Å². The molecule has 70 valence electrons. The largest absolute Gasteiger partial charge is 0.292 e. The predicted octanol–water partition coefficient (Wildman–Crippen LogP) is 1.36. The number of rotatable bonds is 2. The van der Waals surface area contributed by atoms with E-state index in [1.165, 1.54) is 10.9 Å². The maximum absolute atomic E-state index is 11.7. The van der Waals surface area contributed by atoms with Crippen LogP contribution in [0, 0.1) is 5.41 Å². The summed E-state index contributed by atoms with van der Waals surface area (Å²) in [6.45, 7) is 9.21. The van der Waals surface area contributed by atoms with Crippen LogP contribution in [0.4, 0.5) is 0 Å². The van der Waals surface area contributed by atoms with Gasteiger partial charge < -0.3 is 0 Å². The predicted molar refractivity (Wildman–Crippen MR) is 49.8 cm³/mol. The first-order chi connectivity index (χ1) is 5.93. The van der Waals surface area contributed by atoms with Crippen molar-refractivity contribution < 1.29 is 4.79 Å². The van der Waals surface area contributed by atoms with Gasteiger partial charge in [-0.1, -0.05) is 32.6 Å². The topological polar surface area (TPSA) is 47.8 Å². The summed E-state index contributed by atoms with van der Waals surface area (Å²) in [5.74, 6) is -0.0296. The first-order valence-corrected chi connectivity index (χ1v) is 4.03. The average Bonchev–Trinajstić information content (AvgIpc) is 2.51. The Morgan fingerprint density at radius 3 is 2.46 bits per heavy atom. The quantitative estimate of drug-likeness (QED) is 0.644. The van der Waals surface area contributed by atoms with Crippen molar-refractivity contribution in [2.45, 2.75) is 20.8 Å². The molecule has 0 aliphatic rings. The van der Waals surface area contributed by atoms with Crippen LogP contribution in [0.25, 0.3) is 5.70 Å². The Morgan fingerprint density at radius 2 is 2.08 bits per heavy atom. The van der Waals surface area contributed by atoms with E-state index in [-0.39, 0.29) is 5.78 Å². The van der Waals surface area contributed by atoms with Gasteiger partial charge in [0.05, 0.1) is 12.4 Å². The highest BCUT2D eigenvalue weighted by molar-refractivity contribution is 6.16. The Hall–Kier alpha value is -1.45. The van der Waals surface area contributed by atoms with Gasteiger partial charge in [0.2, 0.25) is 0 Å². The molecular weight excluding hydrogens is 166 g/mol. The van der Waals surface area contributed by atoms with E-state index in [2.05, 4.69) is 16.9 Å². The lowest BCUT2D eigenvalue weighted by Gasteiger charge is -2.17. The molecule has 0 bridgehead atoms. The summed E-state index contributed by atoms with van der Waals surface area (Å²) in [5, 5.41) is 7.30. The zero-order valence-corrected chi connectivity index (χ0v) is 8.11. The minimum absolute atomic E-state index is 0.0296. The highest BCUT2D eigenvalue weighted by Crippen LogP contribution is 2.20. The molecule has 1 rings (SSSR count). The molecule has 0 aliphatic carbocycles. The number of allylic oxidation sites excluding steroid dienone is 1. The summed E-state index contributed by atoms with van der Waals surface area (Å²) in [4.78, 5) is 11.7. The first-order valence-electron chi connectivity index (χ1n) is 4.03. The number of nitrogens with zero attached hydrogens (tertiary/aromatic N) is 3. The molecule has 4 nitrogen and oxygen atoms in total. The molecule has 1 aromatic heterocycles. The van der Waals surface area contributed by atoms with Gasteiger partial charge in [0.15, 0.2) is 5.78 Å². The van der Waals surface area contributed by atoms with Gasteiger partial charge in [-0.15, -0.1) is 5.10 Å². The molecule has 0 unspecified atom stereocenters. The van der Waals surface area contributed by atoms with Crippen LogP contribution in [0.2, 0.25) is 0 Å². The molecule has 0 atom stereocenters. The third-order valence-corrected chi connectivity index (χ3v) is 1.64. The number of Topliss-reactive ketones (excluding diaryl/α,β-unsaturated/α-hetero) is 1. The van der Waals surface area contributed by atoms with E-state index in [1.54, 1.807) is 6.20 Å². The molecule has 0 saturated carbocycles. The monoisotopic (exact) mass is 179 g/mol. The Morgan fingerprint density at radius 1 is 1.46 bits per heavy atom. The normalized spacial score (nSPS) is 11.3. The molecule has 0 amide bonds. The summed E-state index contributed by atoms with van der Waals surface area (Å²) in [5.41, 5.74) is -0.0757. The second-order valence-corrected chi connectivity index (χ2v) is 3.87. The number of hydrogen-bond donors (Lipinski definition) is 0. The zero-order valence-electron chi connectivity index (χ0n) is 8.11. The number of carbonyl (C=O) groups is 1. The van der Waals surface area contributed by atoms with Gasteiger partial charge in [-0.3, -0.25) is 4.79 Å². The number of hydrogen-bond acceptors (Lipinski definition) is 3. The van der Waals surface area contributed by atoms with Gasteiger partial charge in [-0.05, 0) is 0 Å². The Kier molecular flexibility index (Phi) is 2.32. The van der Waals surface area contributed by atoms with Gasteiger partial charge in [-0.2, -0.15) is 0 Å². The van der Waals surface area contributed by atoms with E-state index in [0.29, 0.717) is 5.70 Å². The lowest BCUT2D eigenvalue weighted by atomic mass is 9.89. The second-order valence-electron chi connectivity index (χ2n) is 3.87. The zero-order chi connectivity index (χ0) is 10.1. The van der Waals surface area contributed by atoms with E-state index in [1.807, 2.05) is 20.8 Å². The van der Waals surface area contributed by atoms with Crippen LogP contribution in [0.5, 0.6) is 0 Å². The van der Waals surface area contributed by atoms with E-state index in [4.69, 9.17) is 0 Å². The summed E-state index contributed by atoms with van der Waals surface area (Å²) < 4.78 is 1.38. The van der Waals surface area contributed by atoms with Crippen molar-refractivity contribution in [3.05, 3.63) is 19.0 Å². The van der Waals surface area contributed by atoms with E-state index >= 15 is 0 Å². The Labute approximate surface area is 77.3 Å². The van der Waals surface area contributed by atoms with Crippen molar-refractivity contribution in [3.8, 4) is 0 Å². The molecule has 13 heavy (non-hydrogen) atoms. The number of aromatic nitrogens is 3. The van der Waals surface area contributed by atoms with Crippen molar-refractivity contribution in [2.75, 3.05) is 0 Å². The number of carbonyl (C=O) groups excluding carboxylic acids is 1. The molecule has 1 aromatic rings. The van der Waals surface area contributed by atoms with Crippen LogP contribution >= 0.6 is 0 Å². The molecule has 0 aromatic carbocycles. The van der Waals surface area contributed by atoms with Gasteiger partial charge >= 0.3 is 0 Å². The second kappa shape index (κ2) is 3.12. The lowest BCUT2D eigenvalue weighted by molar-refractivity contribution is -0.120. The van der Waals surface area contributed by atoms with Crippen LogP contribution in [-0.4, -0.2) is 20.8 Å². The van der Waals surface area contributed by atoms with Crippen LogP contribution in [-0.2, 0) is 4.79 Å². The third-order valence-electron chi connectivity index (χ3n) is 1.64. The summed E-state index contributed by atoms with van der Waals surface area (Å²) in [6.07, 6.45) is 3.12. The molecule has 1 heterocycles. The van der Waals surface area contributed by atoms with Crippen LogP contribution in [0.1, 0.15) is 20.8 Å². The van der Waals surface area contributed by atoms with Crippen LogP contribution in [0.3, 0.4) is 0 Å². The van der Waals surface area contributed by atoms with Crippen molar-refractivity contribution in [2.24, 2.45) is 5.41 Å². The van der Waals surface area contributed by atoms with E-state index in [9.17, 15) is 4.79 Å². The fraction of sp³-hybridized carbons (Fsp3) is 0.444. The van der Waals surface area contributed by atoms with Crippen LogP contribution < -0.4 is 0 Å². The fourth-order valence-corrected chi connectivity index (χ4v) is 0.889. The maximum atomic E-state index is 11.7. The summed E-state index contributed by atoms with van der Waals surface area (Å²) in [7, 11) is 0. The molecule has 0 aliphatic heterocycles. The van der Waals surface area contributed by atoms with E-state index in [0.717, 1.165) is 0 Å². The highest BCUT2D eigenvalue weighted by atomic mass is 16.1. The van der Waals surface area contributed by atoms with Gasteiger partial charge in [-0.25, -0.2) is 4.68 Å². The highest BCUT2D eigenvalue weighted by Gasteiger charge is 2.24. The first kappa shape index (κ1) is 9.64. The van der Waals surface area contributed by atoms with Gasteiger partial charge in [0.25, 0.3) is 0 Å². The van der Waals surface area contributed by atoms with Crippen molar-refractivity contribution in [1.29, 1.82) is 0 Å². The minimum Gasteiger partial charge on any atom is -0.292 e. The molecule has 0 fully saturated rings. The van der Waals surface area contributed by atoms with Gasteiger partial charge in [0, 0.05) is 5.41 Å².